The fraction of sp³-hybridized carbons (Fsp3) is 0.200. The highest BCUT2D eigenvalue weighted by atomic mass is 19.1. The molecule has 1 rings (SSSR count). The summed E-state index contributed by atoms with van der Waals surface area (Å²) in [7, 11) is 0. The van der Waals surface area contributed by atoms with Gasteiger partial charge in [0, 0.05) is 5.69 Å². The summed E-state index contributed by atoms with van der Waals surface area (Å²) in [4.78, 5) is 21.6. The van der Waals surface area contributed by atoms with Gasteiger partial charge in [-0.3, -0.25) is 4.79 Å². The molecule has 1 aromatic carbocycles. The molecule has 0 bridgehead atoms. The number of carboxylic acids is 1. The van der Waals surface area contributed by atoms with Gasteiger partial charge in [0.25, 0.3) is 5.91 Å². The van der Waals surface area contributed by atoms with Crippen LogP contribution in [0.25, 0.3) is 0 Å². The van der Waals surface area contributed by atoms with Gasteiger partial charge in [-0.2, -0.15) is 0 Å². The lowest BCUT2D eigenvalue weighted by atomic mass is 10.2. The Morgan fingerprint density at radius 2 is 1.65 bits per heavy atom. The van der Waals surface area contributed by atoms with E-state index in [0.717, 1.165) is 12.1 Å². The minimum Gasteiger partial charge on any atom is -0.479 e. The Balaban J connectivity index is 2.66. The summed E-state index contributed by atoms with van der Waals surface area (Å²) in [5, 5.41) is 28.6. The first kappa shape index (κ1) is 13.1. The third-order valence-electron chi connectivity index (χ3n) is 1.93. The fourth-order valence-electron chi connectivity index (χ4n) is 1.03. The first-order chi connectivity index (χ1) is 7.91. The van der Waals surface area contributed by atoms with E-state index in [9.17, 15) is 14.0 Å². The van der Waals surface area contributed by atoms with Crippen molar-refractivity contribution in [2.45, 2.75) is 12.2 Å². The summed E-state index contributed by atoms with van der Waals surface area (Å²) in [5.74, 6) is -3.31. The van der Waals surface area contributed by atoms with Crippen molar-refractivity contribution >= 4 is 17.6 Å². The van der Waals surface area contributed by atoms with E-state index in [2.05, 4.69) is 5.32 Å². The molecular weight excluding hydrogens is 233 g/mol. The molecule has 17 heavy (non-hydrogen) atoms. The Bertz CT molecular complexity index is 419. The van der Waals surface area contributed by atoms with Gasteiger partial charge >= 0.3 is 5.97 Å². The Hall–Kier alpha value is -1.99. The molecule has 0 saturated carbocycles. The molecule has 0 aliphatic rings. The third-order valence-corrected chi connectivity index (χ3v) is 1.93. The quantitative estimate of drug-likeness (QED) is 0.574. The van der Waals surface area contributed by atoms with Crippen molar-refractivity contribution in [2.24, 2.45) is 0 Å². The van der Waals surface area contributed by atoms with Gasteiger partial charge in [-0.1, -0.05) is 0 Å². The lowest BCUT2D eigenvalue weighted by Crippen LogP contribution is -2.42. The van der Waals surface area contributed by atoms with E-state index in [4.69, 9.17) is 15.3 Å². The van der Waals surface area contributed by atoms with Crippen molar-refractivity contribution in [1.82, 2.24) is 0 Å². The third kappa shape index (κ3) is 3.51. The summed E-state index contributed by atoms with van der Waals surface area (Å²) in [5.41, 5.74) is 0.174. The molecule has 0 fully saturated rings. The molecule has 2 atom stereocenters. The zero-order valence-corrected chi connectivity index (χ0v) is 8.50. The molecule has 4 N–H and O–H groups in total. The molecular formula is C10H10FNO5. The number of rotatable bonds is 4. The highest BCUT2D eigenvalue weighted by molar-refractivity contribution is 5.97. The number of amides is 1. The topological polar surface area (TPSA) is 107 Å². The highest BCUT2D eigenvalue weighted by Crippen LogP contribution is 2.09. The normalized spacial score (nSPS) is 13.8. The molecule has 0 unspecified atom stereocenters. The molecule has 0 aliphatic heterocycles. The zero-order chi connectivity index (χ0) is 13.0. The predicted octanol–water partition coefficient (Wildman–Crippen LogP) is -0.429. The van der Waals surface area contributed by atoms with Crippen LogP contribution in [0.3, 0.4) is 0 Å². The lowest BCUT2D eigenvalue weighted by Gasteiger charge is -2.13. The van der Waals surface area contributed by atoms with E-state index in [1.165, 1.54) is 12.1 Å². The molecule has 1 aromatic rings. The molecule has 0 aliphatic carbocycles. The van der Waals surface area contributed by atoms with Crippen LogP contribution < -0.4 is 5.32 Å². The van der Waals surface area contributed by atoms with E-state index < -0.39 is 29.9 Å². The largest absolute Gasteiger partial charge is 0.479 e. The van der Waals surface area contributed by atoms with Crippen molar-refractivity contribution in [3.63, 3.8) is 0 Å². The Morgan fingerprint density at radius 1 is 1.12 bits per heavy atom. The van der Waals surface area contributed by atoms with E-state index in [1.807, 2.05) is 0 Å². The number of anilines is 1. The molecule has 0 radical (unpaired) electrons. The van der Waals surface area contributed by atoms with Crippen LogP contribution in [0.1, 0.15) is 0 Å². The number of hydrogen-bond donors (Lipinski definition) is 4. The van der Waals surface area contributed by atoms with Crippen LogP contribution in [0.5, 0.6) is 0 Å². The average molecular weight is 243 g/mol. The van der Waals surface area contributed by atoms with Gasteiger partial charge in [-0.15, -0.1) is 0 Å². The molecule has 7 heteroatoms. The summed E-state index contributed by atoms with van der Waals surface area (Å²) >= 11 is 0. The van der Waals surface area contributed by atoms with Crippen LogP contribution in [0, 0.1) is 5.82 Å². The standard InChI is InChI=1S/C10H10FNO5/c11-5-1-3-6(4-2-5)12-9(15)7(13)8(14)10(16)17/h1-4,7-8,13-14H,(H,12,15)(H,16,17)/t7-,8-/m1/s1. The molecule has 1 amide bonds. The number of carboxylic acid groups (broad SMARTS) is 1. The molecule has 6 nitrogen and oxygen atoms in total. The second-order valence-corrected chi connectivity index (χ2v) is 3.22. The molecule has 0 aromatic heterocycles. The van der Waals surface area contributed by atoms with Gasteiger partial charge in [0.15, 0.2) is 12.2 Å². The molecule has 0 heterocycles. The van der Waals surface area contributed by atoms with Crippen LogP contribution in [0.2, 0.25) is 0 Å². The first-order valence-corrected chi connectivity index (χ1v) is 4.57. The second-order valence-electron chi connectivity index (χ2n) is 3.22. The van der Waals surface area contributed by atoms with Crippen LogP contribution in [-0.2, 0) is 9.59 Å². The molecule has 0 spiro atoms. The van der Waals surface area contributed by atoms with Crippen LogP contribution in [0.4, 0.5) is 10.1 Å². The lowest BCUT2D eigenvalue weighted by molar-refractivity contribution is -0.156. The minimum atomic E-state index is -2.21. The van der Waals surface area contributed by atoms with Gasteiger partial charge in [0.1, 0.15) is 5.82 Å². The van der Waals surface area contributed by atoms with E-state index in [0.29, 0.717) is 0 Å². The molecule has 0 saturated heterocycles. The number of carbonyl (C=O) groups is 2. The summed E-state index contributed by atoms with van der Waals surface area (Å²) in [6, 6.07) is 4.62. The summed E-state index contributed by atoms with van der Waals surface area (Å²) in [6.07, 6.45) is -4.31. The van der Waals surface area contributed by atoms with Gasteiger partial charge in [-0.25, -0.2) is 9.18 Å². The number of aliphatic hydroxyl groups excluding tert-OH is 2. The number of aliphatic hydroxyl groups is 2. The monoisotopic (exact) mass is 243 g/mol. The fourth-order valence-corrected chi connectivity index (χ4v) is 1.03. The SMILES string of the molecule is O=C(O)[C@H](O)[C@@H](O)C(=O)Nc1ccc(F)cc1. The van der Waals surface area contributed by atoms with Crippen molar-refractivity contribution in [1.29, 1.82) is 0 Å². The highest BCUT2D eigenvalue weighted by Gasteiger charge is 2.29. The van der Waals surface area contributed by atoms with Gasteiger partial charge in [0.05, 0.1) is 0 Å². The number of carbonyl (C=O) groups excluding carboxylic acids is 1. The van der Waals surface area contributed by atoms with Crippen LogP contribution >= 0.6 is 0 Å². The maximum atomic E-state index is 12.5. The minimum absolute atomic E-state index is 0.174. The van der Waals surface area contributed by atoms with E-state index >= 15 is 0 Å². The van der Waals surface area contributed by atoms with Crippen molar-refractivity contribution in [2.75, 3.05) is 5.32 Å². The number of aliphatic carboxylic acids is 1. The van der Waals surface area contributed by atoms with Crippen LogP contribution in [-0.4, -0.2) is 39.4 Å². The van der Waals surface area contributed by atoms with Crippen LogP contribution in [0.15, 0.2) is 24.3 Å². The van der Waals surface area contributed by atoms with Gasteiger partial charge in [0.2, 0.25) is 0 Å². The van der Waals surface area contributed by atoms with Gasteiger partial charge < -0.3 is 20.6 Å². The van der Waals surface area contributed by atoms with Crippen molar-refractivity contribution in [3.8, 4) is 0 Å². The van der Waals surface area contributed by atoms with Crippen molar-refractivity contribution in [3.05, 3.63) is 30.1 Å². The first-order valence-electron chi connectivity index (χ1n) is 4.57. The maximum absolute atomic E-state index is 12.5. The second kappa shape index (κ2) is 5.37. The average Bonchev–Trinajstić information content (AvgIpc) is 2.30. The number of nitrogens with one attached hydrogen (secondary N) is 1. The van der Waals surface area contributed by atoms with E-state index in [1.54, 1.807) is 0 Å². The summed E-state index contributed by atoms with van der Waals surface area (Å²) in [6.45, 7) is 0. The number of halogens is 1. The van der Waals surface area contributed by atoms with Crippen molar-refractivity contribution < 1.29 is 29.3 Å². The Labute approximate surface area is 95.3 Å². The maximum Gasteiger partial charge on any atom is 0.335 e. The number of hydrogen-bond acceptors (Lipinski definition) is 4. The van der Waals surface area contributed by atoms with Gasteiger partial charge in [-0.05, 0) is 24.3 Å². The summed E-state index contributed by atoms with van der Waals surface area (Å²) < 4.78 is 12.5. The Morgan fingerprint density at radius 3 is 2.12 bits per heavy atom. The smallest absolute Gasteiger partial charge is 0.335 e. The zero-order valence-electron chi connectivity index (χ0n) is 8.50. The number of benzene rings is 1. The molecule has 92 valence electrons. The Kier molecular flexibility index (Phi) is 4.13. The predicted molar refractivity (Wildman–Crippen MR) is 54.7 cm³/mol. The van der Waals surface area contributed by atoms with E-state index in [-0.39, 0.29) is 5.69 Å².